The summed E-state index contributed by atoms with van der Waals surface area (Å²) in [6, 6.07) is 2.10. The zero-order chi connectivity index (χ0) is 20.7. The number of aliphatic hydroxyl groups excluding tert-OH is 1. The highest BCUT2D eigenvalue weighted by Gasteiger charge is 2.42. The molecule has 2 rings (SSSR count). The number of aliphatic hydroxyl groups is 1. The average molecular weight is 452 g/mol. The Morgan fingerprint density at radius 2 is 1.70 bits per heavy atom. The van der Waals surface area contributed by atoms with Gasteiger partial charge in [0.2, 0.25) is 0 Å². The third kappa shape index (κ3) is 4.21. The molecule has 2 atom stereocenters. The molecule has 146 valence electrons. The fourth-order valence-electron chi connectivity index (χ4n) is 2.03. The van der Waals surface area contributed by atoms with E-state index in [4.69, 9.17) is 28.5 Å². The number of hydrogen-bond acceptors (Lipinski definition) is 4. The van der Waals surface area contributed by atoms with Crippen LogP contribution < -0.4 is 0 Å². The molecule has 0 aliphatic carbocycles. The van der Waals surface area contributed by atoms with Gasteiger partial charge in [0, 0.05) is 0 Å². The van der Waals surface area contributed by atoms with Crippen molar-refractivity contribution in [3.05, 3.63) is 39.6 Å². The van der Waals surface area contributed by atoms with Gasteiger partial charge in [0.1, 0.15) is 17.5 Å². The SMILES string of the molecule is N#CC(O)c1c(S(=O)C(F)(F)F)cnn1-c1c(Cl)cc(C(F)(F)F)cc1Cl. The van der Waals surface area contributed by atoms with Crippen molar-refractivity contribution < 1.29 is 35.7 Å². The molecule has 0 spiro atoms. The Hall–Kier alpha value is -1.81. The van der Waals surface area contributed by atoms with Gasteiger partial charge < -0.3 is 5.11 Å². The predicted octanol–water partition coefficient (Wildman–Crippen LogP) is 4.38. The highest BCUT2D eigenvalue weighted by molar-refractivity contribution is 7.86. The summed E-state index contributed by atoms with van der Waals surface area (Å²) < 4.78 is 88.7. The first-order chi connectivity index (χ1) is 12.3. The fraction of sp³-hybridized carbons (Fsp3) is 0.231. The molecule has 1 aromatic heterocycles. The highest BCUT2D eigenvalue weighted by Crippen LogP contribution is 2.39. The van der Waals surface area contributed by atoms with Crippen molar-refractivity contribution in [1.29, 1.82) is 5.26 Å². The topological polar surface area (TPSA) is 78.9 Å². The van der Waals surface area contributed by atoms with E-state index in [2.05, 4.69) is 5.10 Å². The summed E-state index contributed by atoms with van der Waals surface area (Å²) in [5, 5.41) is 20.7. The first-order valence-corrected chi connectivity index (χ1v) is 8.40. The van der Waals surface area contributed by atoms with Gasteiger partial charge in [-0.25, -0.2) is 8.89 Å². The lowest BCUT2D eigenvalue weighted by Gasteiger charge is -2.15. The summed E-state index contributed by atoms with van der Waals surface area (Å²) in [7, 11) is -3.68. The summed E-state index contributed by atoms with van der Waals surface area (Å²) in [4.78, 5) is -1.07. The van der Waals surface area contributed by atoms with Crippen LogP contribution in [0.2, 0.25) is 10.0 Å². The van der Waals surface area contributed by atoms with E-state index in [9.17, 15) is 35.7 Å². The molecule has 27 heavy (non-hydrogen) atoms. The Morgan fingerprint density at radius 3 is 2.11 bits per heavy atom. The second-order valence-corrected chi connectivity index (χ2v) is 7.09. The quantitative estimate of drug-likeness (QED) is 0.554. The Balaban J connectivity index is 2.76. The largest absolute Gasteiger partial charge is 0.475 e. The monoisotopic (exact) mass is 451 g/mol. The molecular weight excluding hydrogens is 447 g/mol. The summed E-state index contributed by atoms with van der Waals surface area (Å²) in [6.45, 7) is 0. The number of hydrogen-bond donors (Lipinski definition) is 1. The zero-order valence-electron chi connectivity index (χ0n) is 12.4. The molecule has 0 aliphatic heterocycles. The molecule has 0 bridgehead atoms. The minimum Gasteiger partial charge on any atom is -0.373 e. The van der Waals surface area contributed by atoms with E-state index in [1.54, 1.807) is 0 Å². The van der Waals surface area contributed by atoms with Crippen molar-refractivity contribution in [1.82, 2.24) is 9.78 Å². The molecule has 5 nitrogen and oxygen atoms in total. The predicted molar refractivity (Wildman–Crippen MR) is 81.6 cm³/mol. The molecule has 1 heterocycles. The molecule has 2 unspecified atom stereocenters. The summed E-state index contributed by atoms with van der Waals surface area (Å²) in [5.74, 6) is 0. The van der Waals surface area contributed by atoms with Gasteiger partial charge in [-0.3, -0.25) is 0 Å². The number of halogens is 8. The van der Waals surface area contributed by atoms with Crippen LogP contribution in [0.3, 0.4) is 0 Å². The van der Waals surface area contributed by atoms with Crippen LogP contribution in [0.25, 0.3) is 5.69 Å². The van der Waals surface area contributed by atoms with Gasteiger partial charge in [-0.1, -0.05) is 23.2 Å². The van der Waals surface area contributed by atoms with Crippen LogP contribution in [-0.4, -0.2) is 24.6 Å². The maximum absolute atomic E-state index is 12.8. The lowest BCUT2D eigenvalue weighted by molar-refractivity contribution is -0.137. The third-order valence-corrected chi connectivity index (χ3v) is 4.83. The van der Waals surface area contributed by atoms with Crippen LogP contribution in [0.4, 0.5) is 26.3 Å². The van der Waals surface area contributed by atoms with Crippen LogP contribution in [0.5, 0.6) is 0 Å². The maximum atomic E-state index is 12.8. The van der Waals surface area contributed by atoms with Crippen LogP contribution in [0, 0.1) is 11.3 Å². The van der Waals surface area contributed by atoms with Crippen LogP contribution in [0.15, 0.2) is 23.2 Å². The molecule has 0 radical (unpaired) electrons. The number of aromatic nitrogens is 2. The van der Waals surface area contributed by atoms with E-state index < -0.39 is 60.5 Å². The number of nitriles is 1. The highest BCUT2D eigenvalue weighted by atomic mass is 35.5. The molecule has 1 N–H and O–H groups in total. The number of rotatable bonds is 3. The summed E-state index contributed by atoms with van der Waals surface area (Å²) in [5.41, 5.74) is -7.90. The molecule has 0 amide bonds. The van der Waals surface area contributed by atoms with Gasteiger partial charge in [0.25, 0.3) is 0 Å². The Kier molecular flexibility index (Phi) is 5.82. The Bertz CT molecular complexity index is 928. The van der Waals surface area contributed by atoms with Crippen molar-refractivity contribution in [2.45, 2.75) is 22.7 Å². The molecule has 0 saturated carbocycles. The van der Waals surface area contributed by atoms with E-state index in [0.29, 0.717) is 23.0 Å². The van der Waals surface area contributed by atoms with E-state index in [1.165, 1.54) is 6.07 Å². The normalized spacial score (nSPS) is 14.7. The molecule has 0 aliphatic rings. The van der Waals surface area contributed by atoms with Gasteiger partial charge in [0.05, 0.1) is 26.7 Å². The van der Waals surface area contributed by atoms with Gasteiger partial charge in [0.15, 0.2) is 16.9 Å². The minimum absolute atomic E-state index is 0.438. The van der Waals surface area contributed by atoms with Crippen LogP contribution >= 0.6 is 23.2 Å². The van der Waals surface area contributed by atoms with Crippen molar-refractivity contribution in [2.24, 2.45) is 0 Å². The van der Waals surface area contributed by atoms with E-state index in [-0.39, 0.29) is 0 Å². The molecule has 0 fully saturated rings. The minimum atomic E-state index is -5.24. The molecule has 2 aromatic rings. The van der Waals surface area contributed by atoms with Gasteiger partial charge in [-0.2, -0.15) is 36.7 Å². The van der Waals surface area contributed by atoms with Gasteiger partial charge in [-0.05, 0) is 12.1 Å². The summed E-state index contributed by atoms with van der Waals surface area (Å²) in [6.07, 6.45) is -6.61. The smallest absolute Gasteiger partial charge is 0.373 e. The lowest BCUT2D eigenvalue weighted by atomic mass is 10.2. The van der Waals surface area contributed by atoms with E-state index >= 15 is 0 Å². The number of alkyl halides is 6. The molecule has 1 aromatic carbocycles. The van der Waals surface area contributed by atoms with Crippen LogP contribution in [-0.2, 0) is 17.0 Å². The lowest BCUT2D eigenvalue weighted by Crippen LogP contribution is -2.19. The third-order valence-electron chi connectivity index (χ3n) is 3.12. The first kappa shape index (κ1) is 21.5. The number of benzene rings is 1. The standard InChI is InChI=1S/C13H5Cl2F6N3O2S/c14-6-1-5(12(16,17)18)2-7(15)10(6)24-11(8(25)3-22)9(4-23-24)27(26)13(19,20)21/h1-2,4,8,25H. The first-order valence-electron chi connectivity index (χ1n) is 6.49. The molecular formula is C13H5Cl2F6N3O2S. The van der Waals surface area contributed by atoms with Crippen molar-refractivity contribution in [2.75, 3.05) is 0 Å². The fourth-order valence-corrected chi connectivity index (χ4v) is 3.46. The van der Waals surface area contributed by atoms with Crippen molar-refractivity contribution in [3.8, 4) is 11.8 Å². The van der Waals surface area contributed by atoms with Crippen molar-refractivity contribution >= 4 is 34.0 Å². The molecule has 14 heteroatoms. The van der Waals surface area contributed by atoms with Gasteiger partial charge in [-0.15, -0.1) is 0 Å². The Morgan fingerprint density at radius 1 is 1.19 bits per heavy atom. The number of nitrogens with zero attached hydrogens (tertiary/aromatic N) is 3. The average Bonchev–Trinajstić information content (AvgIpc) is 2.95. The molecule has 0 saturated heterocycles. The second-order valence-electron chi connectivity index (χ2n) is 4.84. The summed E-state index contributed by atoms with van der Waals surface area (Å²) >= 11 is 11.5. The van der Waals surface area contributed by atoms with E-state index in [0.717, 1.165) is 0 Å². The second kappa shape index (κ2) is 7.31. The van der Waals surface area contributed by atoms with Crippen LogP contribution in [0.1, 0.15) is 17.4 Å². The Labute approximate surface area is 159 Å². The maximum Gasteiger partial charge on any atom is 0.475 e. The van der Waals surface area contributed by atoms with Crippen molar-refractivity contribution in [3.63, 3.8) is 0 Å². The zero-order valence-corrected chi connectivity index (χ0v) is 14.8. The van der Waals surface area contributed by atoms with E-state index in [1.807, 2.05) is 0 Å². The van der Waals surface area contributed by atoms with Gasteiger partial charge >= 0.3 is 11.7 Å².